The molecule has 1 atom stereocenters. The summed E-state index contributed by atoms with van der Waals surface area (Å²) in [5, 5.41) is 14.1. The van der Waals surface area contributed by atoms with Crippen molar-refractivity contribution in [1.29, 1.82) is 0 Å². The van der Waals surface area contributed by atoms with Gasteiger partial charge in [0.1, 0.15) is 11.3 Å². The standard InChI is InChI=1S/C24H24N4O4/c1-32-15-7-8-18-17(13-15)16-9-11-25-21(20(16)26-18)19-22(29)27-24(31)28(23(19)30)12-10-14-5-3-2-4-6-14/h2-8,13,21,25-26,30H,9-12H2,1H3,(H,27,29,31)/p+1/t21-/m0/s1. The molecule has 0 saturated heterocycles. The molecule has 0 fully saturated rings. The largest absolute Gasteiger partial charge is 0.497 e. The lowest BCUT2D eigenvalue weighted by atomic mass is 9.95. The molecule has 0 bridgehead atoms. The minimum atomic E-state index is -0.607. The Labute approximate surface area is 183 Å². The van der Waals surface area contributed by atoms with Gasteiger partial charge in [0.25, 0.3) is 5.56 Å². The number of nitrogens with one attached hydrogen (secondary N) is 2. The molecule has 0 unspecified atom stereocenters. The normalized spacial score (nSPS) is 15.6. The summed E-state index contributed by atoms with van der Waals surface area (Å²) in [5.74, 6) is 0.487. The van der Waals surface area contributed by atoms with Gasteiger partial charge in [0, 0.05) is 23.9 Å². The number of quaternary nitrogens is 1. The average Bonchev–Trinajstić information content (AvgIpc) is 3.18. The van der Waals surface area contributed by atoms with Gasteiger partial charge in [-0.3, -0.25) is 14.3 Å². The van der Waals surface area contributed by atoms with Crippen molar-refractivity contribution in [3.05, 3.63) is 91.8 Å². The maximum atomic E-state index is 12.8. The van der Waals surface area contributed by atoms with E-state index in [4.69, 9.17) is 4.74 Å². The van der Waals surface area contributed by atoms with Gasteiger partial charge in [0.15, 0.2) is 6.04 Å². The Balaban J connectivity index is 1.58. The van der Waals surface area contributed by atoms with Gasteiger partial charge >= 0.3 is 5.69 Å². The number of hydrogen-bond donors (Lipinski definition) is 4. The van der Waals surface area contributed by atoms with Crippen LogP contribution in [0.3, 0.4) is 0 Å². The number of ether oxygens (including phenoxy) is 1. The Bertz CT molecular complexity index is 1400. The van der Waals surface area contributed by atoms with Crippen LogP contribution in [0, 0.1) is 0 Å². The quantitative estimate of drug-likeness (QED) is 0.378. The zero-order valence-electron chi connectivity index (χ0n) is 17.7. The molecule has 5 rings (SSSR count). The molecule has 4 aromatic rings. The minimum Gasteiger partial charge on any atom is -0.497 e. The first kappa shape index (κ1) is 20.1. The molecule has 0 amide bonds. The van der Waals surface area contributed by atoms with Crippen LogP contribution in [0.2, 0.25) is 0 Å². The van der Waals surface area contributed by atoms with E-state index in [1.165, 1.54) is 4.57 Å². The molecular weight excluding hydrogens is 408 g/mol. The highest BCUT2D eigenvalue weighted by molar-refractivity contribution is 5.86. The first-order valence-electron chi connectivity index (χ1n) is 10.7. The summed E-state index contributed by atoms with van der Waals surface area (Å²) in [6, 6.07) is 15.1. The zero-order chi connectivity index (χ0) is 22.2. The molecule has 32 heavy (non-hydrogen) atoms. The van der Waals surface area contributed by atoms with Crippen molar-refractivity contribution >= 4 is 10.9 Å². The Morgan fingerprint density at radius 3 is 2.75 bits per heavy atom. The number of rotatable bonds is 5. The van der Waals surface area contributed by atoms with E-state index in [2.05, 4.69) is 9.97 Å². The number of nitrogens with zero attached hydrogens (tertiary/aromatic N) is 1. The predicted molar refractivity (Wildman–Crippen MR) is 120 cm³/mol. The monoisotopic (exact) mass is 433 g/mol. The second kappa shape index (κ2) is 8.05. The summed E-state index contributed by atoms with van der Waals surface area (Å²) in [6.07, 6.45) is 1.39. The van der Waals surface area contributed by atoms with Crippen LogP contribution in [-0.2, 0) is 19.4 Å². The molecule has 5 N–H and O–H groups in total. The highest BCUT2D eigenvalue weighted by Gasteiger charge is 2.34. The van der Waals surface area contributed by atoms with Crippen molar-refractivity contribution < 1.29 is 15.2 Å². The van der Waals surface area contributed by atoms with Gasteiger partial charge in [-0.1, -0.05) is 30.3 Å². The van der Waals surface area contributed by atoms with E-state index in [1.807, 2.05) is 53.8 Å². The third-order valence-corrected chi connectivity index (χ3v) is 6.24. The van der Waals surface area contributed by atoms with Gasteiger partial charge in [0.2, 0.25) is 5.88 Å². The van der Waals surface area contributed by atoms with Crippen molar-refractivity contribution in [2.24, 2.45) is 0 Å². The van der Waals surface area contributed by atoms with E-state index < -0.39 is 17.3 Å². The number of hydrogen-bond acceptors (Lipinski definition) is 4. The molecule has 2 aromatic heterocycles. The maximum absolute atomic E-state index is 12.8. The number of nitrogens with two attached hydrogens (primary N) is 1. The first-order valence-corrected chi connectivity index (χ1v) is 10.7. The Hall–Kier alpha value is -3.78. The lowest BCUT2D eigenvalue weighted by Crippen LogP contribution is -2.87. The Morgan fingerprint density at radius 1 is 1.16 bits per heavy atom. The molecular formula is C24H25N4O4+. The third-order valence-electron chi connectivity index (χ3n) is 6.24. The van der Waals surface area contributed by atoms with Crippen LogP contribution >= 0.6 is 0 Å². The molecule has 3 heterocycles. The zero-order valence-corrected chi connectivity index (χ0v) is 17.7. The fourth-order valence-corrected chi connectivity index (χ4v) is 4.63. The molecule has 164 valence electrons. The summed E-state index contributed by atoms with van der Waals surface area (Å²) in [5.41, 5.74) is 2.99. The number of aryl methyl sites for hydroxylation is 1. The van der Waals surface area contributed by atoms with Crippen molar-refractivity contribution in [1.82, 2.24) is 14.5 Å². The Kier molecular flexibility index (Phi) is 5.07. The number of fused-ring (bicyclic) bond motifs is 3. The van der Waals surface area contributed by atoms with Gasteiger partial charge in [-0.15, -0.1) is 0 Å². The third kappa shape index (κ3) is 3.38. The van der Waals surface area contributed by atoms with Crippen LogP contribution in [0.1, 0.15) is 28.4 Å². The van der Waals surface area contributed by atoms with Gasteiger partial charge in [0.05, 0.1) is 19.3 Å². The van der Waals surface area contributed by atoms with Gasteiger partial charge in [-0.05, 0) is 35.7 Å². The molecule has 2 aromatic carbocycles. The summed E-state index contributed by atoms with van der Waals surface area (Å²) < 4.78 is 6.62. The van der Waals surface area contributed by atoms with Gasteiger partial charge in [-0.2, -0.15) is 0 Å². The second-order valence-corrected chi connectivity index (χ2v) is 8.06. The van der Waals surface area contributed by atoms with E-state index in [1.54, 1.807) is 7.11 Å². The van der Waals surface area contributed by atoms with E-state index >= 15 is 0 Å². The number of aromatic nitrogens is 3. The van der Waals surface area contributed by atoms with Gasteiger partial charge in [-0.25, -0.2) is 4.79 Å². The predicted octanol–water partition coefficient (Wildman–Crippen LogP) is 1.18. The number of aromatic hydroxyl groups is 1. The van der Waals surface area contributed by atoms with E-state index in [0.29, 0.717) is 6.42 Å². The van der Waals surface area contributed by atoms with Crippen molar-refractivity contribution in [3.63, 3.8) is 0 Å². The van der Waals surface area contributed by atoms with Crippen LogP contribution in [-0.4, -0.2) is 33.3 Å². The lowest BCUT2D eigenvalue weighted by molar-refractivity contribution is -0.690. The molecule has 8 heteroatoms. The Morgan fingerprint density at radius 2 is 1.97 bits per heavy atom. The SMILES string of the molecule is COc1ccc2[nH]c3c(c2c1)CC[NH2+][C@H]3c1c(O)n(CCc2ccccc2)c(=O)[nH]c1=O. The first-order chi connectivity index (χ1) is 15.6. The fourth-order valence-electron chi connectivity index (χ4n) is 4.63. The van der Waals surface area contributed by atoms with Crippen molar-refractivity contribution in [3.8, 4) is 11.6 Å². The topological polar surface area (TPSA) is 117 Å². The summed E-state index contributed by atoms with van der Waals surface area (Å²) in [7, 11) is 1.63. The number of methoxy groups -OCH3 is 1. The molecule has 0 spiro atoms. The number of aromatic amines is 2. The molecule has 8 nitrogen and oxygen atoms in total. The van der Waals surface area contributed by atoms with Crippen LogP contribution in [0.4, 0.5) is 0 Å². The van der Waals surface area contributed by atoms with Crippen molar-refractivity contribution in [2.75, 3.05) is 13.7 Å². The lowest BCUT2D eigenvalue weighted by Gasteiger charge is -2.22. The summed E-state index contributed by atoms with van der Waals surface area (Å²) >= 11 is 0. The summed E-state index contributed by atoms with van der Waals surface area (Å²) in [4.78, 5) is 31.1. The molecule has 0 aliphatic carbocycles. The van der Waals surface area contributed by atoms with Crippen LogP contribution in [0.5, 0.6) is 11.6 Å². The molecule has 1 aliphatic rings. The van der Waals surface area contributed by atoms with Gasteiger partial charge < -0.3 is 20.1 Å². The minimum absolute atomic E-state index is 0.192. The number of benzene rings is 2. The van der Waals surface area contributed by atoms with Crippen molar-refractivity contribution in [2.45, 2.75) is 25.4 Å². The van der Waals surface area contributed by atoms with E-state index in [9.17, 15) is 14.7 Å². The van der Waals surface area contributed by atoms with Crippen LogP contribution in [0.15, 0.2) is 58.1 Å². The van der Waals surface area contributed by atoms with Crippen LogP contribution < -0.4 is 21.3 Å². The summed E-state index contributed by atoms with van der Waals surface area (Å²) in [6.45, 7) is 1.02. The smallest absolute Gasteiger partial charge is 0.331 e. The number of H-pyrrole nitrogens is 2. The fraction of sp³-hybridized carbons (Fsp3) is 0.250. The average molecular weight is 433 g/mol. The highest BCUT2D eigenvalue weighted by atomic mass is 16.5. The maximum Gasteiger partial charge on any atom is 0.331 e. The van der Waals surface area contributed by atoms with Crippen LogP contribution in [0.25, 0.3) is 10.9 Å². The molecule has 0 saturated carbocycles. The highest BCUT2D eigenvalue weighted by Crippen LogP contribution is 2.33. The van der Waals surface area contributed by atoms with E-state index in [0.717, 1.165) is 46.4 Å². The second-order valence-electron chi connectivity index (χ2n) is 8.06. The molecule has 0 radical (unpaired) electrons. The van der Waals surface area contributed by atoms with E-state index in [-0.39, 0.29) is 18.0 Å². The molecule has 1 aliphatic heterocycles.